The van der Waals surface area contributed by atoms with Gasteiger partial charge in [0.2, 0.25) is 0 Å². The van der Waals surface area contributed by atoms with Gasteiger partial charge in [-0.3, -0.25) is 0 Å². The van der Waals surface area contributed by atoms with Gasteiger partial charge in [0.1, 0.15) is 0 Å². The van der Waals surface area contributed by atoms with E-state index in [0.717, 1.165) is 28.9 Å². The zero-order valence-electron chi connectivity index (χ0n) is 20.9. The molecular formula is C31H42NSi. The summed E-state index contributed by atoms with van der Waals surface area (Å²) < 4.78 is 0. The van der Waals surface area contributed by atoms with E-state index in [0.29, 0.717) is 0 Å². The first kappa shape index (κ1) is 24.3. The largest absolute Gasteiger partial charge is 0.192 e. The van der Waals surface area contributed by atoms with Crippen LogP contribution < -0.4 is 0 Å². The predicted octanol–water partition coefficient (Wildman–Crippen LogP) is 9.06. The molecule has 2 fully saturated rings. The predicted molar refractivity (Wildman–Crippen MR) is 143 cm³/mol. The van der Waals surface area contributed by atoms with Gasteiger partial charge in [0.05, 0.1) is 20.4 Å². The molecule has 0 aromatic heterocycles. The summed E-state index contributed by atoms with van der Waals surface area (Å²) in [5, 5.41) is 8.98. The lowest BCUT2D eigenvalue weighted by molar-refractivity contribution is 0.312. The lowest BCUT2D eigenvalue weighted by Gasteiger charge is -2.37. The summed E-state index contributed by atoms with van der Waals surface area (Å²) in [6.07, 6.45) is 14.7. The molecule has 2 heteroatoms. The van der Waals surface area contributed by atoms with Crippen LogP contribution in [-0.4, -0.2) is 8.80 Å². The summed E-state index contributed by atoms with van der Waals surface area (Å²) in [5.41, 5.74) is 5.77. The molecule has 0 amide bonds. The fourth-order valence-corrected chi connectivity index (χ4v) is 9.92. The fourth-order valence-electron chi connectivity index (χ4n) is 6.15. The Balaban J connectivity index is 1.17. The lowest BCUT2D eigenvalue weighted by atomic mass is 9.84. The summed E-state index contributed by atoms with van der Waals surface area (Å²) in [5.74, 6) is 2.88. The normalized spacial score (nSPS) is 22.4. The van der Waals surface area contributed by atoms with Crippen LogP contribution in [0, 0.1) is 29.1 Å². The first-order valence-corrected chi connectivity index (χ1v) is 15.5. The monoisotopic (exact) mass is 456 g/mol. The number of nitrogens with zero attached hydrogens (tertiary/aromatic N) is 1. The SMILES string of the molecule is CC(C)CCC1CCC([Si]2CCC(CCc3ccc(-c4ccc(C#N)cc4)cc3)CC2)CC1. The molecule has 0 bridgehead atoms. The topological polar surface area (TPSA) is 23.8 Å². The molecule has 175 valence electrons. The van der Waals surface area contributed by atoms with Crippen LogP contribution in [0.3, 0.4) is 0 Å². The van der Waals surface area contributed by atoms with Gasteiger partial charge < -0.3 is 0 Å². The molecule has 33 heavy (non-hydrogen) atoms. The van der Waals surface area contributed by atoms with Gasteiger partial charge >= 0.3 is 0 Å². The molecule has 0 N–H and O–H groups in total. The highest BCUT2D eigenvalue weighted by molar-refractivity contribution is 6.60. The average molecular weight is 457 g/mol. The van der Waals surface area contributed by atoms with Crippen LogP contribution in [0.2, 0.25) is 17.6 Å². The summed E-state index contributed by atoms with van der Waals surface area (Å²) in [6.45, 7) is 4.75. The third kappa shape index (κ3) is 7.06. The van der Waals surface area contributed by atoms with Crippen LogP contribution in [0.5, 0.6) is 0 Å². The minimum Gasteiger partial charge on any atom is -0.192 e. The Morgan fingerprint density at radius 2 is 1.36 bits per heavy atom. The molecule has 0 unspecified atom stereocenters. The van der Waals surface area contributed by atoms with Gasteiger partial charge in [-0.2, -0.15) is 5.26 Å². The van der Waals surface area contributed by atoms with Gasteiger partial charge in [-0.1, -0.05) is 114 Å². The van der Waals surface area contributed by atoms with E-state index in [1.807, 2.05) is 24.3 Å². The Labute approximate surface area is 204 Å². The number of benzene rings is 2. The lowest BCUT2D eigenvalue weighted by Crippen LogP contribution is -2.29. The summed E-state index contributed by atoms with van der Waals surface area (Å²) >= 11 is 0. The second kappa shape index (κ2) is 12.0. The van der Waals surface area contributed by atoms with Crippen molar-refractivity contribution in [2.75, 3.05) is 0 Å². The first-order valence-electron chi connectivity index (χ1n) is 13.5. The Hall–Kier alpha value is -1.85. The number of rotatable bonds is 8. The minimum absolute atomic E-state index is 0.0780. The Bertz CT molecular complexity index is 876. The van der Waals surface area contributed by atoms with Crippen molar-refractivity contribution >= 4 is 8.80 Å². The maximum absolute atomic E-state index is 8.98. The molecule has 2 aromatic rings. The van der Waals surface area contributed by atoms with Crippen LogP contribution >= 0.6 is 0 Å². The molecule has 1 aliphatic carbocycles. The minimum atomic E-state index is -0.0780. The summed E-state index contributed by atoms with van der Waals surface area (Å²) in [7, 11) is -0.0780. The molecule has 1 nitrogen and oxygen atoms in total. The maximum atomic E-state index is 8.98. The number of aryl methyl sites for hydroxylation is 1. The highest BCUT2D eigenvalue weighted by Crippen LogP contribution is 2.42. The standard InChI is InChI=1S/C31H42NSi/c1-24(2)3-4-25-11-17-31(18-12-25)33-21-19-27(20-22-33)6-5-26-7-13-29(14-8-26)30-15-9-28(23-32)10-16-30/h7-10,13-16,24-25,27,31H,3-6,11-12,17-22H2,1-2H3. The van der Waals surface area contributed by atoms with E-state index >= 15 is 0 Å². The Morgan fingerprint density at radius 1 is 0.788 bits per heavy atom. The van der Waals surface area contributed by atoms with E-state index in [4.69, 9.17) is 5.26 Å². The molecule has 1 aliphatic heterocycles. The van der Waals surface area contributed by atoms with E-state index in [2.05, 4.69) is 44.2 Å². The third-order valence-electron chi connectivity index (χ3n) is 8.47. The average Bonchev–Trinajstić information content (AvgIpc) is 2.87. The molecule has 1 heterocycles. The van der Waals surface area contributed by atoms with Crippen molar-refractivity contribution in [2.45, 2.75) is 95.7 Å². The second-order valence-corrected chi connectivity index (χ2v) is 14.3. The van der Waals surface area contributed by atoms with Crippen LogP contribution in [0.4, 0.5) is 0 Å². The molecule has 1 radical (unpaired) electrons. The fraction of sp³-hybridized carbons (Fsp3) is 0.581. The van der Waals surface area contributed by atoms with E-state index in [-0.39, 0.29) is 8.80 Å². The maximum Gasteiger partial charge on any atom is 0.0991 e. The van der Waals surface area contributed by atoms with E-state index in [9.17, 15) is 0 Å². The van der Waals surface area contributed by atoms with Gasteiger partial charge in [0, 0.05) is 0 Å². The van der Waals surface area contributed by atoms with Crippen molar-refractivity contribution in [2.24, 2.45) is 17.8 Å². The van der Waals surface area contributed by atoms with Crippen LogP contribution in [0.25, 0.3) is 11.1 Å². The zero-order chi connectivity index (χ0) is 23.0. The quantitative estimate of drug-likeness (QED) is 0.363. The third-order valence-corrected chi connectivity index (χ3v) is 12.1. The number of hydrogen-bond acceptors (Lipinski definition) is 1. The number of nitriles is 1. The van der Waals surface area contributed by atoms with Gasteiger partial charge in [-0.25, -0.2) is 0 Å². The Kier molecular flexibility index (Phi) is 8.85. The van der Waals surface area contributed by atoms with E-state index < -0.39 is 0 Å². The summed E-state index contributed by atoms with van der Waals surface area (Å²) in [4.78, 5) is 0. The molecule has 1 saturated heterocycles. The molecular weight excluding hydrogens is 414 g/mol. The van der Waals surface area contributed by atoms with Crippen molar-refractivity contribution in [1.82, 2.24) is 0 Å². The molecule has 2 aliphatic rings. The van der Waals surface area contributed by atoms with Gasteiger partial charge in [0.25, 0.3) is 0 Å². The van der Waals surface area contributed by atoms with Crippen LogP contribution in [-0.2, 0) is 6.42 Å². The van der Waals surface area contributed by atoms with E-state index in [1.54, 1.807) is 24.9 Å². The summed E-state index contributed by atoms with van der Waals surface area (Å²) in [6, 6.07) is 22.4. The Morgan fingerprint density at radius 3 is 1.94 bits per heavy atom. The molecule has 1 saturated carbocycles. The first-order chi connectivity index (χ1) is 16.1. The smallest absolute Gasteiger partial charge is 0.0991 e. The molecule has 4 rings (SSSR count). The van der Waals surface area contributed by atoms with Crippen LogP contribution in [0.1, 0.15) is 82.8 Å². The van der Waals surface area contributed by atoms with Crippen LogP contribution in [0.15, 0.2) is 48.5 Å². The van der Waals surface area contributed by atoms with Crippen molar-refractivity contribution in [1.29, 1.82) is 5.26 Å². The van der Waals surface area contributed by atoms with E-state index in [1.165, 1.54) is 68.1 Å². The molecule has 0 spiro atoms. The number of hydrogen-bond donors (Lipinski definition) is 0. The highest BCUT2D eigenvalue weighted by atomic mass is 28.3. The second-order valence-electron chi connectivity index (χ2n) is 11.2. The highest BCUT2D eigenvalue weighted by Gasteiger charge is 2.31. The van der Waals surface area contributed by atoms with Crippen molar-refractivity contribution in [3.05, 3.63) is 59.7 Å². The van der Waals surface area contributed by atoms with Gasteiger partial charge in [-0.05, 0) is 65.0 Å². The van der Waals surface area contributed by atoms with Gasteiger partial charge in [-0.15, -0.1) is 0 Å². The van der Waals surface area contributed by atoms with Crippen molar-refractivity contribution in [3.63, 3.8) is 0 Å². The van der Waals surface area contributed by atoms with Gasteiger partial charge in [0.15, 0.2) is 0 Å². The molecule has 0 atom stereocenters. The van der Waals surface area contributed by atoms with Crippen molar-refractivity contribution in [3.8, 4) is 17.2 Å². The molecule has 2 aromatic carbocycles. The zero-order valence-corrected chi connectivity index (χ0v) is 21.9. The van der Waals surface area contributed by atoms with Crippen molar-refractivity contribution < 1.29 is 0 Å².